The van der Waals surface area contributed by atoms with Gasteiger partial charge in [-0.2, -0.15) is 5.10 Å². The molecule has 0 aliphatic heterocycles. The summed E-state index contributed by atoms with van der Waals surface area (Å²) >= 11 is 5.43. The fraction of sp³-hybridized carbons (Fsp3) is 0.111. The number of hydrogen-bond acceptors (Lipinski definition) is 3. The molecule has 0 radical (unpaired) electrons. The molecule has 2 aromatic heterocycles. The van der Waals surface area contributed by atoms with E-state index in [1.54, 1.807) is 12.1 Å². The monoisotopic (exact) mass is 511 g/mol. The molecular formula is C18H15BrIN3O2. The van der Waals surface area contributed by atoms with E-state index in [1.807, 2.05) is 32.0 Å². The van der Waals surface area contributed by atoms with Crippen molar-refractivity contribution in [1.29, 1.82) is 0 Å². The van der Waals surface area contributed by atoms with E-state index >= 15 is 0 Å². The van der Waals surface area contributed by atoms with Crippen molar-refractivity contribution in [2.45, 2.75) is 13.8 Å². The van der Waals surface area contributed by atoms with Crippen molar-refractivity contribution in [2.75, 3.05) is 0 Å². The van der Waals surface area contributed by atoms with Crippen LogP contribution in [-0.2, 0) is 0 Å². The Morgan fingerprint density at radius 1 is 1.24 bits per heavy atom. The van der Waals surface area contributed by atoms with E-state index in [2.05, 4.69) is 65.7 Å². The van der Waals surface area contributed by atoms with Gasteiger partial charge in [-0.05, 0) is 60.1 Å². The van der Waals surface area contributed by atoms with Gasteiger partial charge in [-0.3, -0.25) is 4.79 Å². The summed E-state index contributed by atoms with van der Waals surface area (Å²) < 4.78 is 9.12. The van der Waals surface area contributed by atoms with Gasteiger partial charge >= 0.3 is 0 Å². The SMILES string of the molecule is Cc1ccc(C)n1-c1cccc(C(=O)N/N=C\c2cc(Br)c(I)o2)c1. The van der Waals surface area contributed by atoms with Gasteiger partial charge in [0.05, 0.1) is 10.7 Å². The molecule has 3 aromatic rings. The number of nitrogens with one attached hydrogen (secondary N) is 1. The summed E-state index contributed by atoms with van der Waals surface area (Å²) in [6.45, 7) is 4.07. The van der Waals surface area contributed by atoms with Crippen molar-refractivity contribution in [3.8, 4) is 5.69 Å². The average Bonchev–Trinajstić information content (AvgIpc) is 3.09. The van der Waals surface area contributed by atoms with Crippen LogP contribution in [0, 0.1) is 17.6 Å². The largest absolute Gasteiger partial charge is 0.448 e. The van der Waals surface area contributed by atoms with Crippen LogP contribution < -0.4 is 5.43 Å². The number of benzene rings is 1. The van der Waals surface area contributed by atoms with Crippen LogP contribution >= 0.6 is 38.5 Å². The maximum Gasteiger partial charge on any atom is 0.271 e. The molecule has 1 aromatic carbocycles. The molecule has 3 rings (SSSR count). The number of amides is 1. The number of rotatable bonds is 4. The third-order valence-corrected chi connectivity index (χ3v) is 5.79. The summed E-state index contributed by atoms with van der Waals surface area (Å²) in [4.78, 5) is 12.3. The molecule has 0 bridgehead atoms. The van der Waals surface area contributed by atoms with E-state index in [0.29, 0.717) is 11.3 Å². The first-order valence-electron chi connectivity index (χ1n) is 7.49. The minimum atomic E-state index is -0.277. The van der Waals surface area contributed by atoms with Crippen LogP contribution in [0.15, 0.2) is 56.5 Å². The zero-order valence-electron chi connectivity index (χ0n) is 13.6. The fourth-order valence-corrected chi connectivity index (χ4v) is 3.22. The van der Waals surface area contributed by atoms with Gasteiger partial charge in [-0.15, -0.1) is 0 Å². The van der Waals surface area contributed by atoms with E-state index in [0.717, 1.165) is 25.3 Å². The first-order chi connectivity index (χ1) is 12.0. The number of hydrazone groups is 1. The predicted molar refractivity (Wildman–Crippen MR) is 109 cm³/mol. The highest BCUT2D eigenvalue weighted by Crippen LogP contribution is 2.22. The van der Waals surface area contributed by atoms with Crippen molar-refractivity contribution in [3.05, 3.63) is 73.4 Å². The third-order valence-electron chi connectivity index (χ3n) is 3.66. The Balaban J connectivity index is 1.75. The Hall–Kier alpha value is -1.87. The molecule has 0 atom stereocenters. The van der Waals surface area contributed by atoms with Crippen LogP contribution in [0.5, 0.6) is 0 Å². The topological polar surface area (TPSA) is 59.5 Å². The molecule has 0 aliphatic carbocycles. The van der Waals surface area contributed by atoms with Crippen LogP contribution in [0.4, 0.5) is 0 Å². The van der Waals surface area contributed by atoms with Gasteiger partial charge in [0.1, 0.15) is 5.76 Å². The van der Waals surface area contributed by atoms with E-state index in [-0.39, 0.29) is 5.91 Å². The number of carbonyl (C=O) groups excluding carboxylic acids is 1. The summed E-state index contributed by atoms with van der Waals surface area (Å²) in [7, 11) is 0. The first-order valence-corrected chi connectivity index (χ1v) is 9.36. The molecule has 0 fully saturated rings. The summed E-state index contributed by atoms with van der Waals surface area (Å²) in [6.07, 6.45) is 1.47. The number of nitrogens with zero attached hydrogens (tertiary/aromatic N) is 2. The molecule has 1 N–H and O–H groups in total. The highest BCUT2D eigenvalue weighted by atomic mass is 127. The van der Waals surface area contributed by atoms with Crippen LogP contribution in [0.1, 0.15) is 27.5 Å². The molecule has 128 valence electrons. The van der Waals surface area contributed by atoms with E-state index < -0.39 is 0 Å². The average molecular weight is 512 g/mol. The van der Waals surface area contributed by atoms with Crippen molar-refractivity contribution < 1.29 is 9.21 Å². The van der Waals surface area contributed by atoms with Crippen LogP contribution in [0.2, 0.25) is 0 Å². The summed E-state index contributed by atoms with van der Waals surface area (Å²) in [5, 5.41) is 3.95. The van der Waals surface area contributed by atoms with Crippen molar-refractivity contribution in [2.24, 2.45) is 5.10 Å². The molecule has 0 unspecified atom stereocenters. The zero-order chi connectivity index (χ0) is 18.0. The van der Waals surface area contributed by atoms with Crippen LogP contribution in [0.3, 0.4) is 0 Å². The number of carbonyl (C=O) groups is 1. The molecule has 5 nitrogen and oxygen atoms in total. The van der Waals surface area contributed by atoms with Gasteiger partial charge in [0.25, 0.3) is 5.91 Å². The number of aromatic nitrogens is 1. The summed E-state index contributed by atoms with van der Waals surface area (Å²) in [6, 6.07) is 13.3. The molecule has 1 amide bonds. The molecule has 0 saturated heterocycles. The molecular weight excluding hydrogens is 497 g/mol. The lowest BCUT2D eigenvalue weighted by atomic mass is 10.2. The molecule has 0 aliphatic rings. The summed E-state index contributed by atoms with van der Waals surface area (Å²) in [5.74, 6) is 0.282. The first kappa shape index (κ1) is 17.9. The second kappa shape index (κ2) is 7.57. The lowest BCUT2D eigenvalue weighted by Gasteiger charge is -2.10. The van der Waals surface area contributed by atoms with Gasteiger partial charge in [0.2, 0.25) is 0 Å². The molecule has 0 saturated carbocycles. The maximum absolute atomic E-state index is 12.3. The highest BCUT2D eigenvalue weighted by molar-refractivity contribution is 14.1. The quantitative estimate of drug-likeness (QED) is 0.310. The molecule has 25 heavy (non-hydrogen) atoms. The smallest absolute Gasteiger partial charge is 0.271 e. The zero-order valence-corrected chi connectivity index (χ0v) is 17.3. The Kier molecular flexibility index (Phi) is 5.43. The lowest BCUT2D eigenvalue weighted by Crippen LogP contribution is -2.17. The summed E-state index contributed by atoms with van der Waals surface area (Å²) in [5.41, 5.74) is 6.24. The Morgan fingerprint density at radius 3 is 2.60 bits per heavy atom. The van der Waals surface area contributed by atoms with Gasteiger partial charge in [-0.1, -0.05) is 6.07 Å². The van der Waals surface area contributed by atoms with Gasteiger partial charge in [0.15, 0.2) is 3.77 Å². The van der Waals surface area contributed by atoms with Crippen molar-refractivity contribution in [3.63, 3.8) is 0 Å². The van der Waals surface area contributed by atoms with Crippen molar-refractivity contribution >= 4 is 50.6 Å². The minimum absolute atomic E-state index is 0.277. The molecule has 7 heteroatoms. The second-order valence-corrected chi connectivity index (χ2v) is 7.31. The number of furan rings is 1. The van der Waals surface area contributed by atoms with E-state index in [1.165, 1.54) is 6.21 Å². The molecule has 2 heterocycles. The number of hydrogen-bond donors (Lipinski definition) is 1. The van der Waals surface area contributed by atoms with Crippen LogP contribution in [0.25, 0.3) is 5.69 Å². The predicted octanol–water partition coefficient (Wildman–Crippen LogP) is 4.82. The molecule has 0 spiro atoms. The lowest BCUT2D eigenvalue weighted by molar-refractivity contribution is 0.0955. The number of aryl methyl sites for hydroxylation is 2. The van der Waals surface area contributed by atoms with E-state index in [9.17, 15) is 4.79 Å². The van der Waals surface area contributed by atoms with Crippen LogP contribution in [-0.4, -0.2) is 16.7 Å². The number of halogens is 2. The Labute approximate surface area is 167 Å². The van der Waals surface area contributed by atoms with Crippen molar-refractivity contribution in [1.82, 2.24) is 9.99 Å². The second-order valence-electron chi connectivity index (χ2n) is 5.47. The normalized spacial score (nSPS) is 11.2. The fourth-order valence-electron chi connectivity index (χ4n) is 2.51. The maximum atomic E-state index is 12.3. The third kappa shape index (κ3) is 4.04. The minimum Gasteiger partial charge on any atom is -0.448 e. The Morgan fingerprint density at radius 2 is 1.96 bits per heavy atom. The van der Waals surface area contributed by atoms with Gasteiger partial charge < -0.3 is 8.98 Å². The van der Waals surface area contributed by atoms with E-state index in [4.69, 9.17) is 4.42 Å². The van der Waals surface area contributed by atoms with Gasteiger partial charge in [-0.25, -0.2) is 5.43 Å². The standard InChI is InChI=1S/C18H15BrIN3O2/c1-11-6-7-12(2)23(11)14-5-3-4-13(8-14)18(24)22-21-10-15-9-16(19)17(20)25-15/h3-10H,1-2H3,(H,22,24)/b21-10-. The van der Waals surface area contributed by atoms with Gasteiger partial charge in [0, 0.05) is 51.3 Å². The highest BCUT2D eigenvalue weighted by Gasteiger charge is 2.09. The Bertz CT molecular complexity index is 920.